The second kappa shape index (κ2) is 4.94. The van der Waals surface area contributed by atoms with Gasteiger partial charge in [-0.3, -0.25) is 0 Å². The lowest BCUT2D eigenvalue weighted by molar-refractivity contribution is -0.138. The monoisotopic (exact) mass is 281 g/mol. The summed E-state index contributed by atoms with van der Waals surface area (Å²) in [6.07, 6.45) is -3.35. The fourth-order valence-corrected chi connectivity index (χ4v) is 2.49. The zero-order valence-electron chi connectivity index (χ0n) is 10.7. The molecule has 0 fully saturated rings. The van der Waals surface area contributed by atoms with Crippen LogP contribution in [0.3, 0.4) is 0 Å². The number of rotatable bonds is 2. The fourth-order valence-electron chi connectivity index (χ4n) is 2.49. The van der Waals surface area contributed by atoms with E-state index in [4.69, 9.17) is 0 Å². The average Bonchev–Trinajstić information content (AvgIpc) is 2.80. The SMILES string of the molecule is FC(F)(F)c1ccccc1Cc1nc2c([nH]1)CNCC2. The van der Waals surface area contributed by atoms with Crippen LogP contribution in [0.25, 0.3) is 0 Å². The summed E-state index contributed by atoms with van der Waals surface area (Å²) in [5.74, 6) is 0.593. The highest BCUT2D eigenvalue weighted by Crippen LogP contribution is 2.32. The summed E-state index contributed by atoms with van der Waals surface area (Å²) in [6, 6.07) is 5.64. The molecule has 0 radical (unpaired) electrons. The van der Waals surface area contributed by atoms with Gasteiger partial charge in [0.2, 0.25) is 0 Å². The Morgan fingerprint density at radius 2 is 2.00 bits per heavy atom. The van der Waals surface area contributed by atoms with Gasteiger partial charge >= 0.3 is 6.18 Å². The molecule has 1 aliphatic rings. The van der Waals surface area contributed by atoms with Crippen molar-refractivity contribution in [3.63, 3.8) is 0 Å². The predicted octanol–water partition coefficient (Wildman–Crippen LogP) is 2.67. The number of fused-ring (bicyclic) bond motifs is 1. The smallest absolute Gasteiger partial charge is 0.344 e. The Morgan fingerprint density at radius 3 is 2.75 bits per heavy atom. The minimum Gasteiger partial charge on any atom is -0.344 e. The Kier molecular flexibility index (Phi) is 3.25. The number of nitrogens with one attached hydrogen (secondary N) is 2. The van der Waals surface area contributed by atoms with Crippen molar-refractivity contribution in [2.75, 3.05) is 6.54 Å². The van der Waals surface area contributed by atoms with E-state index in [1.807, 2.05) is 0 Å². The first-order valence-electron chi connectivity index (χ1n) is 6.46. The maximum atomic E-state index is 12.9. The number of hydrogen-bond acceptors (Lipinski definition) is 2. The molecule has 1 aliphatic heterocycles. The second-order valence-corrected chi connectivity index (χ2v) is 4.87. The summed E-state index contributed by atoms with van der Waals surface area (Å²) in [4.78, 5) is 7.53. The molecule has 0 unspecified atom stereocenters. The van der Waals surface area contributed by atoms with Crippen LogP contribution in [0, 0.1) is 0 Å². The van der Waals surface area contributed by atoms with Gasteiger partial charge in [0.1, 0.15) is 5.82 Å². The highest BCUT2D eigenvalue weighted by molar-refractivity contribution is 5.32. The first-order chi connectivity index (χ1) is 9.54. The van der Waals surface area contributed by atoms with Crippen LogP contribution in [-0.2, 0) is 25.6 Å². The first-order valence-corrected chi connectivity index (χ1v) is 6.46. The van der Waals surface area contributed by atoms with Crippen LogP contribution in [0.1, 0.15) is 28.3 Å². The quantitative estimate of drug-likeness (QED) is 0.888. The van der Waals surface area contributed by atoms with Crippen LogP contribution < -0.4 is 5.32 Å². The van der Waals surface area contributed by atoms with E-state index in [1.54, 1.807) is 6.07 Å². The molecule has 2 heterocycles. The third-order valence-corrected chi connectivity index (χ3v) is 3.43. The molecule has 0 spiro atoms. The van der Waals surface area contributed by atoms with Crippen molar-refractivity contribution in [1.82, 2.24) is 15.3 Å². The summed E-state index contributed by atoms with van der Waals surface area (Å²) in [7, 11) is 0. The summed E-state index contributed by atoms with van der Waals surface area (Å²) in [5.41, 5.74) is 1.60. The van der Waals surface area contributed by atoms with Crippen LogP contribution in [0.5, 0.6) is 0 Å². The molecule has 0 amide bonds. The molecule has 2 N–H and O–H groups in total. The highest BCUT2D eigenvalue weighted by atomic mass is 19.4. The average molecular weight is 281 g/mol. The molecule has 1 aromatic carbocycles. The molecule has 6 heteroatoms. The second-order valence-electron chi connectivity index (χ2n) is 4.87. The van der Waals surface area contributed by atoms with Crippen molar-refractivity contribution in [2.45, 2.75) is 25.6 Å². The van der Waals surface area contributed by atoms with Crippen LogP contribution >= 0.6 is 0 Å². The standard InChI is InChI=1S/C14H14F3N3/c15-14(16,17)10-4-2-1-3-9(10)7-13-19-11-5-6-18-8-12(11)20-13/h1-4,18H,5-8H2,(H,19,20). The molecule has 0 atom stereocenters. The summed E-state index contributed by atoms with van der Waals surface area (Å²) < 4.78 is 38.8. The van der Waals surface area contributed by atoms with E-state index in [-0.39, 0.29) is 12.0 Å². The van der Waals surface area contributed by atoms with Gasteiger partial charge in [-0.05, 0) is 11.6 Å². The molecule has 0 aliphatic carbocycles. The molecule has 20 heavy (non-hydrogen) atoms. The summed E-state index contributed by atoms with van der Waals surface area (Å²) >= 11 is 0. The first kappa shape index (κ1) is 13.2. The van der Waals surface area contributed by atoms with E-state index in [1.165, 1.54) is 12.1 Å². The Hall–Kier alpha value is -1.82. The van der Waals surface area contributed by atoms with E-state index >= 15 is 0 Å². The number of alkyl halides is 3. The maximum absolute atomic E-state index is 12.9. The van der Waals surface area contributed by atoms with Crippen molar-refractivity contribution in [3.05, 3.63) is 52.6 Å². The molecule has 3 nitrogen and oxygen atoms in total. The minimum absolute atomic E-state index is 0.169. The normalized spacial score (nSPS) is 15.2. The lowest BCUT2D eigenvalue weighted by Crippen LogP contribution is -2.23. The van der Waals surface area contributed by atoms with Gasteiger partial charge < -0.3 is 10.3 Å². The Balaban J connectivity index is 1.90. The van der Waals surface area contributed by atoms with Crippen molar-refractivity contribution < 1.29 is 13.2 Å². The molecular weight excluding hydrogens is 267 g/mol. The number of aromatic nitrogens is 2. The molecule has 1 aromatic heterocycles. The van der Waals surface area contributed by atoms with Gasteiger partial charge in [0.15, 0.2) is 0 Å². The molecule has 0 saturated heterocycles. The highest BCUT2D eigenvalue weighted by Gasteiger charge is 2.33. The maximum Gasteiger partial charge on any atom is 0.416 e. The van der Waals surface area contributed by atoms with Gasteiger partial charge in [-0.1, -0.05) is 18.2 Å². The van der Waals surface area contributed by atoms with Gasteiger partial charge in [0, 0.05) is 25.9 Å². The topological polar surface area (TPSA) is 40.7 Å². The van der Waals surface area contributed by atoms with Crippen molar-refractivity contribution in [2.24, 2.45) is 0 Å². The number of aromatic amines is 1. The molecule has 106 valence electrons. The largest absolute Gasteiger partial charge is 0.416 e. The van der Waals surface area contributed by atoms with E-state index in [0.717, 1.165) is 30.4 Å². The summed E-state index contributed by atoms with van der Waals surface area (Å²) in [5, 5.41) is 3.20. The Labute approximate surface area is 114 Å². The van der Waals surface area contributed by atoms with Crippen LogP contribution in [0.15, 0.2) is 24.3 Å². The Bertz CT molecular complexity index is 593. The number of hydrogen-bond donors (Lipinski definition) is 2. The van der Waals surface area contributed by atoms with E-state index in [9.17, 15) is 13.2 Å². The van der Waals surface area contributed by atoms with E-state index in [2.05, 4.69) is 15.3 Å². The fraction of sp³-hybridized carbons (Fsp3) is 0.357. The van der Waals surface area contributed by atoms with Gasteiger partial charge in [0.05, 0.1) is 17.0 Å². The third-order valence-electron chi connectivity index (χ3n) is 3.43. The lowest BCUT2D eigenvalue weighted by Gasteiger charge is -2.11. The molecular formula is C14H14F3N3. The molecule has 0 saturated carbocycles. The van der Waals surface area contributed by atoms with Gasteiger partial charge in [0.25, 0.3) is 0 Å². The van der Waals surface area contributed by atoms with Gasteiger partial charge in [-0.15, -0.1) is 0 Å². The van der Waals surface area contributed by atoms with E-state index in [0.29, 0.717) is 12.4 Å². The molecule has 3 rings (SSSR count). The van der Waals surface area contributed by atoms with E-state index < -0.39 is 11.7 Å². The van der Waals surface area contributed by atoms with Crippen molar-refractivity contribution in [3.8, 4) is 0 Å². The Morgan fingerprint density at radius 1 is 1.20 bits per heavy atom. The number of imidazole rings is 1. The zero-order valence-corrected chi connectivity index (χ0v) is 10.7. The van der Waals surface area contributed by atoms with Crippen LogP contribution in [0.2, 0.25) is 0 Å². The lowest BCUT2D eigenvalue weighted by atomic mass is 10.0. The number of H-pyrrole nitrogens is 1. The predicted molar refractivity (Wildman–Crippen MR) is 68.2 cm³/mol. The minimum atomic E-state index is -4.33. The van der Waals surface area contributed by atoms with Gasteiger partial charge in [-0.2, -0.15) is 13.2 Å². The molecule has 2 aromatic rings. The number of benzene rings is 1. The third kappa shape index (κ3) is 2.56. The van der Waals surface area contributed by atoms with Crippen LogP contribution in [-0.4, -0.2) is 16.5 Å². The number of nitrogens with zero attached hydrogens (tertiary/aromatic N) is 1. The zero-order chi connectivity index (χ0) is 14.2. The number of halogens is 3. The molecule has 0 bridgehead atoms. The summed E-state index contributed by atoms with van der Waals surface area (Å²) in [6.45, 7) is 1.56. The van der Waals surface area contributed by atoms with Gasteiger partial charge in [-0.25, -0.2) is 4.98 Å². The van der Waals surface area contributed by atoms with Crippen molar-refractivity contribution >= 4 is 0 Å². The van der Waals surface area contributed by atoms with Crippen LogP contribution in [0.4, 0.5) is 13.2 Å². The van der Waals surface area contributed by atoms with Crippen molar-refractivity contribution in [1.29, 1.82) is 0 Å².